The second-order valence-electron chi connectivity index (χ2n) is 5.70. The average Bonchev–Trinajstić information content (AvgIpc) is 2.36. The number of halogens is 1. The molecule has 2 rings (SSSR count). The number of aryl methyl sites for hydroxylation is 1. The summed E-state index contributed by atoms with van der Waals surface area (Å²) in [6.45, 7) is 1.89. The zero-order valence-corrected chi connectivity index (χ0v) is 13.3. The topological polar surface area (TPSA) is 51.2 Å². The standard InChI is InChI=1S/C15H19ClO3S/c1-10-6-12(8-13(16)7-10)15(17)11-4-3-5-14(9-11)20(2,18)19/h6-8,11,14H,3-5,9H2,1-2H3. The molecule has 2 unspecified atom stereocenters. The number of carbonyl (C=O) groups is 1. The minimum Gasteiger partial charge on any atom is -0.294 e. The number of Topliss-reactive ketones (excluding diaryl/α,β-unsaturated/α-hetero) is 1. The van der Waals surface area contributed by atoms with E-state index in [1.165, 1.54) is 6.26 Å². The van der Waals surface area contributed by atoms with Crippen molar-refractivity contribution in [2.75, 3.05) is 6.26 Å². The summed E-state index contributed by atoms with van der Waals surface area (Å²) in [5.74, 6) is -0.190. The Morgan fingerprint density at radius 1 is 1.25 bits per heavy atom. The Balaban J connectivity index is 2.20. The lowest BCUT2D eigenvalue weighted by Crippen LogP contribution is -2.31. The molecule has 0 amide bonds. The molecule has 5 heteroatoms. The monoisotopic (exact) mass is 314 g/mol. The van der Waals surface area contributed by atoms with Gasteiger partial charge in [-0.2, -0.15) is 0 Å². The third-order valence-electron chi connectivity index (χ3n) is 3.93. The molecule has 0 heterocycles. The SMILES string of the molecule is Cc1cc(Cl)cc(C(=O)C2CCCC(S(C)(=O)=O)C2)c1. The van der Waals surface area contributed by atoms with Crippen molar-refractivity contribution in [3.63, 3.8) is 0 Å². The molecule has 110 valence electrons. The van der Waals surface area contributed by atoms with Crippen LogP contribution in [0.2, 0.25) is 5.02 Å². The van der Waals surface area contributed by atoms with Crippen LogP contribution in [0.1, 0.15) is 41.6 Å². The number of hydrogen-bond acceptors (Lipinski definition) is 3. The molecule has 0 saturated heterocycles. The lowest BCUT2D eigenvalue weighted by molar-refractivity contribution is 0.0891. The smallest absolute Gasteiger partial charge is 0.166 e. The zero-order chi connectivity index (χ0) is 14.9. The summed E-state index contributed by atoms with van der Waals surface area (Å²) in [5.41, 5.74) is 1.53. The van der Waals surface area contributed by atoms with Gasteiger partial charge in [-0.1, -0.05) is 18.0 Å². The van der Waals surface area contributed by atoms with E-state index in [4.69, 9.17) is 11.6 Å². The molecule has 0 aliphatic heterocycles. The van der Waals surface area contributed by atoms with E-state index < -0.39 is 9.84 Å². The molecular weight excluding hydrogens is 296 g/mol. The van der Waals surface area contributed by atoms with Crippen LogP contribution in [0.5, 0.6) is 0 Å². The fourth-order valence-electron chi connectivity index (χ4n) is 2.89. The molecule has 1 aromatic carbocycles. The Kier molecular flexibility index (Phi) is 4.55. The number of ketones is 1. The van der Waals surface area contributed by atoms with Crippen molar-refractivity contribution in [1.82, 2.24) is 0 Å². The molecule has 1 aliphatic carbocycles. The summed E-state index contributed by atoms with van der Waals surface area (Å²) in [7, 11) is -3.07. The molecule has 1 aliphatic rings. The van der Waals surface area contributed by atoms with Gasteiger partial charge in [0.25, 0.3) is 0 Å². The number of hydrogen-bond donors (Lipinski definition) is 0. The molecule has 0 bridgehead atoms. The summed E-state index contributed by atoms with van der Waals surface area (Å²) in [6, 6.07) is 5.29. The highest BCUT2D eigenvalue weighted by molar-refractivity contribution is 7.91. The highest BCUT2D eigenvalue weighted by atomic mass is 35.5. The Morgan fingerprint density at radius 3 is 2.55 bits per heavy atom. The minimum atomic E-state index is -3.07. The van der Waals surface area contributed by atoms with Gasteiger partial charge >= 0.3 is 0 Å². The predicted octanol–water partition coefficient (Wildman–Crippen LogP) is 3.43. The summed E-state index contributed by atoms with van der Waals surface area (Å²) in [5, 5.41) is 0.161. The predicted molar refractivity (Wildman–Crippen MR) is 81.1 cm³/mol. The lowest BCUT2D eigenvalue weighted by Gasteiger charge is -2.27. The van der Waals surface area contributed by atoms with Gasteiger partial charge in [-0.05, 0) is 49.9 Å². The first-order valence-electron chi connectivity index (χ1n) is 6.77. The quantitative estimate of drug-likeness (QED) is 0.803. The first-order valence-corrected chi connectivity index (χ1v) is 9.11. The molecule has 3 nitrogen and oxygen atoms in total. The normalized spacial score (nSPS) is 23.6. The first kappa shape index (κ1) is 15.5. The Bertz CT molecular complexity index is 602. The number of carbonyl (C=O) groups excluding carboxylic acids is 1. The van der Waals surface area contributed by atoms with E-state index in [0.717, 1.165) is 18.4 Å². The first-order chi connectivity index (χ1) is 9.27. The van der Waals surface area contributed by atoms with Crippen molar-refractivity contribution in [1.29, 1.82) is 0 Å². The van der Waals surface area contributed by atoms with Crippen LogP contribution in [-0.2, 0) is 9.84 Å². The van der Waals surface area contributed by atoms with Crippen LogP contribution >= 0.6 is 11.6 Å². The van der Waals surface area contributed by atoms with Crippen molar-refractivity contribution in [3.8, 4) is 0 Å². The van der Waals surface area contributed by atoms with Crippen molar-refractivity contribution < 1.29 is 13.2 Å². The van der Waals surface area contributed by atoms with Gasteiger partial charge in [-0.3, -0.25) is 4.79 Å². The molecule has 0 radical (unpaired) electrons. The second-order valence-corrected chi connectivity index (χ2v) is 8.46. The van der Waals surface area contributed by atoms with Crippen molar-refractivity contribution in [2.24, 2.45) is 5.92 Å². The third-order valence-corrected chi connectivity index (χ3v) is 5.79. The molecule has 0 spiro atoms. The fraction of sp³-hybridized carbons (Fsp3) is 0.533. The number of benzene rings is 1. The molecule has 0 N–H and O–H groups in total. The van der Waals surface area contributed by atoms with Gasteiger partial charge in [0.2, 0.25) is 0 Å². The van der Waals surface area contributed by atoms with E-state index in [1.54, 1.807) is 12.1 Å². The molecule has 2 atom stereocenters. The Hall–Kier alpha value is -0.870. The van der Waals surface area contributed by atoms with Crippen LogP contribution in [0.4, 0.5) is 0 Å². The Labute approximate surface area is 125 Å². The van der Waals surface area contributed by atoms with Crippen LogP contribution in [0, 0.1) is 12.8 Å². The van der Waals surface area contributed by atoms with Crippen LogP contribution in [0.15, 0.2) is 18.2 Å². The maximum absolute atomic E-state index is 12.5. The lowest BCUT2D eigenvalue weighted by atomic mass is 9.83. The Morgan fingerprint density at radius 2 is 1.95 bits per heavy atom. The highest BCUT2D eigenvalue weighted by Crippen LogP contribution is 2.31. The highest BCUT2D eigenvalue weighted by Gasteiger charge is 2.32. The minimum absolute atomic E-state index is 0.0175. The fourth-order valence-corrected chi connectivity index (χ4v) is 4.35. The molecular formula is C15H19ClO3S. The van der Waals surface area contributed by atoms with Crippen LogP contribution in [0.3, 0.4) is 0 Å². The number of sulfone groups is 1. The van der Waals surface area contributed by atoms with E-state index >= 15 is 0 Å². The summed E-state index contributed by atoms with van der Waals surface area (Å²) in [6.07, 6.45) is 3.90. The maximum Gasteiger partial charge on any atom is 0.166 e. The van der Waals surface area contributed by atoms with E-state index in [-0.39, 0.29) is 17.0 Å². The van der Waals surface area contributed by atoms with E-state index in [1.807, 2.05) is 13.0 Å². The van der Waals surface area contributed by atoms with Gasteiger partial charge in [0.05, 0.1) is 5.25 Å². The third kappa shape index (κ3) is 3.61. The number of rotatable bonds is 3. The van der Waals surface area contributed by atoms with E-state index in [2.05, 4.69) is 0 Å². The van der Waals surface area contributed by atoms with E-state index in [0.29, 0.717) is 23.4 Å². The maximum atomic E-state index is 12.5. The van der Waals surface area contributed by atoms with Gasteiger partial charge in [0, 0.05) is 22.8 Å². The average molecular weight is 315 g/mol. The van der Waals surface area contributed by atoms with Gasteiger partial charge in [-0.25, -0.2) is 8.42 Å². The summed E-state index contributed by atoms with van der Waals surface area (Å²) >= 11 is 5.99. The van der Waals surface area contributed by atoms with Crippen molar-refractivity contribution >= 4 is 27.2 Å². The summed E-state index contributed by atoms with van der Waals surface area (Å²) in [4.78, 5) is 12.5. The van der Waals surface area contributed by atoms with Gasteiger partial charge in [0.1, 0.15) is 9.84 Å². The van der Waals surface area contributed by atoms with Crippen molar-refractivity contribution in [3.05, 3.63) is 34.3 Å². The van der Waals surface area contributed by atoms with Gasteiger partial charge < -0.3 is 0 Å². The van der Waals surface area contributed by atoms with Gasteiger partial charge in [-0.15, -0.1) is 0 Å². The van der Waals surface area contributed by atoms with E-state index in [9.17, 15) is 13.2 Å². The molecule has 1 fully saturated rings. The molecule has 1 aromatic rings. The second kappa shape index (κ2) is 5.86. The van der Waals surface area contributed by atoms with Crippen LogP contribution < -0.4 is 0 Å². The zero-order valence-electron chi connectivity index (χ0n) is 11.7. The summed E-state index contributed by atoms with van der Waals surface area (Å²) < 4.78 is 23.3. The molecule has 1 saturated carbocycles. The largest absolute Gasteiger partial charge is 0.294 e. The van der Waals surface area contributed by atoms with Crippen LogP contribution in [-0.4, -0.2) is 25.7 Å². The van der Waals surface area contributed by atoms with Crippen molar-refractivity contribution in [2.45, 2.75) is 37.9 Å². The molecule has 20 heavy (non-hydrogen) atoms. The van der Waals surface area contributed by atoms with Gasteiger partial charge in [0.15, 0.2) is 5.78 Å². The molecule has 0 aromatic heterocycles. The van der Waals surface area contributed by atoms with Crippen LogP contribution in [0.25, 0.3) is 0 Å².